The second kappa shape index (κ2) is 55.7. The lowest BCUT2D eigenvalue weighted by Crippen LogP contribution is -2.45. The quantitative estimate of drug-likeness (QED) is 0.0321. The summed E-state index contributed by atoms with van der Waals surface area (Å²) >= 11 is 0. The third kappa shape index (κ3) is 51.5. The van der Waals surface area contributed by atoms with Crippen LogP contribution < -0.4 is 5.32 Å². The molecule has 0 aliphatic heterocycles. The summed E-state index contributed by atoms with van der Waals surface area (Å²) in [6, 6.07) is -0.631. The molecule has 66 heavy (non-hydrogen) atoms. The van der Waals surface area contributed by atoms with Crippen molar-refractivity contribution in [1.82, 2.24) is 5.32 Å². The summed E-state index contributed by atoms with van der Waals surface area (Å²) in [6.07, 6.45) is 68.9. The van der Waals surface area contributed by atoms with Gasteiger partial charge in [0.15, 0.2) is 0 Å². The molecule has 6 nitrogen and oxygen atoms in total. The molecule has 0 bridgehead atoms. The van der Waals surface area contributed by atoms with Crippen LogP contribution in [0.4, 0.5) is 0 Å². The Hall–Kier alpha value is -1.92. The smallest absolute Gasteiger partial charge is 0.305 e. The van der Waals surface area contributed by atoms with Gasteiger partial charge in [0.25, 0.3) is 0 Å². The Bertz CT molecular complexity index is 1070. The van der Waals surface area contributed by atoms with Crippen molar-refractivity contribution in [2.45, 2.75) is 321 Å². The van der Waals surface area contributed by atoms with E-state index in [0.717, 1.165) is 44.9 Å². The first kappa shape index (κ1) is 64.1. The van der Waals surface area contributed by atoms with Gasteiger partial charge >= 0.3 is 5.97 Å². The number of carbonyl (C=O) groups is 2. The van der Waals surface area contributed by atoms with Gasteiger partial charge in [-0.05, 0) is 77.0 Å². The van der Waals surface area contributed by atoms with E-state index in [1.54, 1.807) is 6.08 Å². The van der Waals surface area contributed by atoms with E-state index in [0.29, 0.717) is 19.4 Å². The maximum Gasteiger partial charge on any atom is 0.305 e. The first-order valence-electron chi connectivity index (χ1n) is 29.3. The minimum Gasteiger partial charge on any atom is -0.466 e. The summed E-state index contributed by atoms with van der Waals surface area (Å²) in [7, 11) is 0. The Morgan fingerprint density at radius 3 is 1.12 bits per heavy atom. The minimum atomic E-state index is -0.847. The fourth-order valence-electron chi connectivity index (χ4n) is 8.84. The molecule has 388 valence electrons. The van der Waals surface area contributed by atoms with Crippen LogP contribution >= 0.6 is 0 Å². The predicted molar refractivity (Wildman–Crippen MR) is 287 cm³/mol. The minimum absolute atomic E-state index is 0.000585. The summed E-state index contributed by atoms with van der Waals surface area (Å²) in [5.41, 5.74) is 0. The van der Waals surface area contributed by atoms with E-state index in [1.165, 1.54) is 238 Å². The summed E-state index contributed by atoms with van der Waals surface area (Å²) in [4.78, 5) is 24.4. The summed E-state index contributed by atoms with van der Waals surface area (Å²) in [5, 5.41) is 23.1. The maximum atomic E-state index is 12.4. The summed E-state index contributed by atoms with van der Waals surface area (Å²) in [5.74, 6) is -0.0717. The second-order valence-electron chi connectivity index (χ2n) is 20.0. The molecule has 0 heterocycles. The van der Waals surface area contributed by atoms with Gasteiger partial charge in [0.1, 0.15) is 0 Å². The molecule has 0 aliphatic rings. The Kier molecular flexibility index (Phi) is 54.1. The maximum absolute atomic E-state index is 12.4. The molecule has 0 aromatic carbocycles. The van der Waals surface area contributed by atoms with Crippen molar-refractivity contribution in [2.24, 2.45) is 0 Å². The zero-order chi connectivity index (χ0) is 47.9. The first-order valence-corrected chi connectivity index (χ1v) is 29.3. The van der Waals surface area contributed by atoms with Crippen molar-refractivity contribution >= 4 is 11.9 Å². The third-order valence-electron chi connectivity index (χ3n) is 13.4. The molecule has 1 amide bonds. The number of rotatable bonds is 54. The topological polar surface area (TPSA) is 95.9 Å². The van der Waals surface area contributed by atoms with Crippen LogP contribution in [0, 0.1) is 0 Å². The number of hydrogen-bond donors (Lipinski definition) is 3. The number of allylic oxidation sites excluding steroid dienone is 5. The molecular weight excluding hydrogens is 815 g/mol. The van der Waals surface area contributed by atoms with Gasteiger partial charge in [0.05, 0.1) is 25.4 Å². The number of hydrogen-bond acceptors (Lipinski definition) is 5. The lowest BCUT2D eigenvalue weighted by molar-refractivity contribution is -0.143. The molecule has 6 heteroatoms. The molecule has 0 fully saturated rings. The molecule has 0 radical (unpaired) electrons. The molecule has 0 aromatic rings. The SMILES string of the molecule is CCCC/C=C\CCCCCCCC(=O)OCCCCCCCCCCCCCC/C=C\CCCCCCCCCCC(=O)NC(CO)C(O)/C=C/CCCCCCCCCCCCCC. The highest BCUT2D eigenvalue weighted by Gasteiger charge is 2.18. The number of carbonyl (C=O) groups excluding carboxylic acids is 2. The van der Waals surface area contributed by atoms with Gasteiger partial charge in [-0.1, -0.05) is 256 Å². The van der Waals surface area contributed by atoms with Gasteiger partial charge < -0.3 is 20.3 Å². The average Bonchev–Trinajstić information content (AvgIpc) is 3.32. The van der Waals surface area contributed by atoms with Crippen LogP contribution in [0.25, 0.3) is 0 Å². The monoisotopic (exact) mass is 928 g/mol. The number of aliphatic hydroxyl groups is 2. The zero-order valence-electron chi connectivity index (χ0n) is 44.2. The fraction of sp³-hybridized carbons (Fsp3) is 0.867. The van der Waals surface area contributed by atoms with Crippen LogP contribution in [0.15, 0.2) is 36.5 Å². The molecule has 0 saturated heterocycles. The van der Waals surface area contributed by atoms with E-state index < -0.39 is 12.1 Å². The number of aliphatic hydroxyl groups excluding tert-OH is 2. The summed E-state index contributed by atoms with van der Waals surface area (Å²) in [6.45, 7) is 4.86. The van der Waals surface area contributed by atoms with Crippen molar-refractivity contribution in [3.05, 3.63) is 36.5 Å². The highest BCUT2D eigenvalue weighted by molar-refractivity contribution is 5.76. The normalized spacial score (nSPS) is 12.8. The largest absolute Gasteiger partial charge is 0.466 e. The molecule has 3 N–H and O–H groups in total. The Balaban J connectivity index is 3.43. The van der Waals surface area contributed by atoms with Crippen LogP contribution in [0.3, 0.4) is 0 Å². The van der Waals surface area contributed by atoms with E-state index in [-0.39, 0.29) is 18.5 Å². The predicted octanol–water partition coefficient (Wildman–Crippen LogP) is 18.0. The van der Waals surface area contributed by atoms with Crippen LogP contribution in [0.1, 0.15) is 309 Å². The van der Waals surface area contributed by atoms with Gasteiger partial charge in [-0.3, -0.25) is 9.59 Å². The van der Waals surface area contributed by atoms with Gasteiger partial charge in [-0.2, -0.15) is 0 Å². The standard InChI is InChI=1S/C60H113NO5/c1-3-5-7-9-11-13-15-16-29-33-36-40-44-48-52-58(63)57(56-62)61-59(64)53-49-45-41-37-34-30-27-25-23-21-19-17-18-20-22-24-26-28-31-35-39-43-47-51-55-66-60(65)54-50-46-42-38-32-14-12-10-8-6-4-2/h10,12,19,21,48,52,57-58,62-63H,3-9,11,13-18,20,22-47,49-51,53-56H2,1-2H3,(H,61,64)/b12-10-,21-19-,52-48+. The van der Waals surface area contributed by atoms with Gasteiger partial charge in [-0.25, -0.2) is 0 Å². The van der Waals surface area contributed by atoms with Crippen LogP contribution in [-0.4, -0.2) is 47.4 Å². The number of ether oxygens (including phenoxy) is 1. The van der Waals surface area contributed by atoms with E-state index >= 15 is 0 Å². The van der Waals surface area contributed by atoms with Gasteiger partial charge in [-0.15, -0.1) is 0 Å². The van der Waals surface area contributed by atoms with Crippen LogP contribution in [0.5, 0.6) is 0 Å². The molecule has 0 aliphatic carbocycles. The number of unbranched alkanes of at least 4 members (excludes halogenated alkanes) is 39. The second-order valence-corrected chi connectivity index (χ2v) is 20.0. The van der Waals surface area contributed by atoms with Crippen molar-refractivity contribution in [2.75, 3.05) is 13.2 Å². The van der Waals surface area contributed by atoms with E-state index in [1.807, 2.05) is 6.08 Å². The van der Waals surface area contributed by atoms with Crippen LogP contribution in [0.2, 0.25) is 0 Å². The molecular formula is C60H113NO5. The number of esters is 1. The van der Waals surface area contributed by atoms with Crippen molar-refractivity contribution in [3.63, 3.8) is 0 Å². The van der Waals surface area contributed by atoms with Crippen molar-refractivity contribution < 1.29 is 24.5 Å². The average molecular weight is 929 g/mol. The third-order valence-corrected chi connectivity index (χ3v) is 13.4. The molecule has 0 saturated carbocycles. The van der Waals surface area contributed by atoms with Gasteiger partial charge in [0.2, 0.25) is 5.91 Å². The highest BCUT2D eigenvalue weighted by atomic mass is 16.5. The highest BCUT2D eigenvalue weighted by Crippen LogP contribution is 2.16. The van der Waals surface area contributed by atoms with Crippen molar-refractivity contribution in [3.8, 4) is 0 Å². The Morgan fingerprint density at radius 1 is 0.409 bits per heavy atom. The molecule has 0 aromatic heterocycles. The molecule has 0 spiro atoms. The molecule has 0 rings (SSSR count). The van der Waals surface area contributed by atoms with E-state index in [9.17, 15) is 19.8 Å². The molecule has 2 unspecified atom stereocenters. The molecule has 2 atom stereocenters. The zero-order valence-corrected chi connectivity index (χ0v) is 44.2. The summed E-state index contributed by atoms with van der Waals surface area (Å²) < 4.78 is 5.45. The lowest BCUT2D eigenvalue weighted by atomic mass is 10.0. The number of nitrogens with one attached hydrogen (secondary N) is 1. The Morgan fingerprint density at radius 2 is 0.727 bits per heavy atom. The first-order chi connectivity index (χ1) is 32.5. The van der Waals surface area contributed by atoms with Gasteiger partial charge in [0, 0.05) is 12.8 Å². The lowest BCUT2D eigenvalue weighted by Gasteiger charge is -2.20. The van der Waals surface area contributed by atoms with E-state index in [4.69, 9.17) is 4.74 Å². The van der Waals surface area contributed by atoms with E-state index in [2.05, 4.69) is 43.5 Å². The number of amides is 1. The Labute approximate surface area is 411 Å². The van der Waals surface area contributed by atoms with Crippen molar-refractivity contribution in [1.29, 1.82) is 0 Å². The fourth-order valence-corrected chi connectivity index (χ4v) is 8.84. The van der Waals surface area contributed by atoms with Crippen LogP contribution in [-0.2, 0) is 14.3 Å².